The van der Waals surface area contributed by atoms with Crippen molar-refractivity contribution in [3.8, 4) is 5.88 Å². The number of aromatic nitrogens is 1. The molecule has 1 aromatic heterocycles. The number of hydrogen-bond acceptors (Lipinski definition) is 6. The summed E-state index contributed by atoms with van der Waals surface area (Å²) in [5.74, 6) is -1.44. The van der Waals surface area contributed by atoms with Crippen LogP contribution < -0.4 is 15.4 Å². The smallest absolute Gasteiger partial charge is 0.319 e. The fraction of sp³-hybridized carbons (Fsp3) is 0.524. The molecule has 2 amide bonds. The average Bonchev–Trinajstić information content (AvgIpc) is 3.20. The lowest BCUT2D eigenvalue weighted by Gasteiger charge is -2.34. The van der Waals surface area contributed by atoms with E-state index < -0.39 is 11.6 Å². The summed E-state index contributed by atoms with van der Waals surface area (Å²) >= 11 is 6.61. The molecule has 1 saturated heterocycles. The summed E-state index contributed by atoms with van der Waals surface area (Å²) in [6.07, 6.45) is 5.15. The predicted molar refractivity (Wildman–Crippen MR) is 120 cm³/mol. The summed E-state index contributed by atoms with van der Waals surface area (Å²) in [7, 11) is 0. The highest BCUT2D eigenvalue weighted by Crippen LogP contribution is 2.24. The van der Waals surface area contributed by atoms with Crippen LogP contribution in [0.25, 0.3) is 0 Å². The normalized spacial score (nSPS) is 16.7. The number of nitrogens with zero attached hydrogens (tertiary/aromatic N) is 2. The zero-order valence-corrected chi connectivity index (χ0v) is 19.2. The molecule has 0 aliphatic carbocycles. The largest absolute Gasteiger partial charge is 0.472 e. The predicted octanol–water partition coefficient (Wildman–Crippen LogP) is 4.40. The number of halogens is 3. The number of ether oxygens (including phenoxy) is 1. The third-order valence-corrected chi connectivity index (χ3v) is 6.22. The molecule has 176 valence electrons. The van der Waals surface area contributed by atoms with Crippen molar-refractivity contribution in [3.05, 3.63) is 40.4 Å². The second-order valence-corrected chi connectivity index (χ2v) is 8.86. The van der Waals surface area contributed by atoms with Crippen LogP contribution in [0.15, 0.2) is 18.2 Å². The van der Waals surface area contributed by atoms with Crippen molar-refractivity contribution in [3.63, 3.8) is 0 Å². The summed E-state index contributed by atoms with van der Waals surface area (Å²) in [6, 6.07) is 3.41. The van der Waals surface area contributed by atoms with E-state index in [1.165, 1.54) is 18.9 Å². The van der Waals surface area contributed by atoms with Crippen molar-refractivity contribution < 1.29 is 23.4 Å². The van der Waals surface area contributed by atoms with Gasteiger partial charge in [0.2, 0.25) is 5.88 Å². The molecule has 1 aromatic carbocycles. The number of piperidine rings is 1. The molecule has 0 bridgehead atoms. The standard InChI is InChI=1S/C21H27ClF2N4O3S/c22-14-9-17(23)16(18(24)10-14)13-31-19-11-20(32-27-19)26-21(30)25-6-2-4-8-28-7-3-1-5-15(28)12-29/h9-11,15,29H,1-8,12-13H2,(H2,25,26,30). The lowest BCUT2D eigenvalue weighted by Crippen LogP contribution is -2.42. The Bertz CT molecular complexity index is 879. The maximum absolute atomic E-state index is 13.8. The molecule has 0 radical (unpaired) electrons. The molecule has 2 heterocycles. The monoisotopic (exact) mass is 488 g/mol. The maximum atomic E-state index is 13.8. The highest BCUT2D eigenvalue weighted by atomic mass is 35.5. The number of nitrogens with one attached hydrogen (secondary N) is 2. The van der Waals surface area contributed by atoms with E-state index in [-0.39, 0.29) is 41.8 Å². The van der Waals surface area contributed by atoms with Crippen molar-refractivity contribution in [2.45, 2.75) is 44.8 Å². The molecule has 1 aliphatic heterocycles. The lowest BCUT2D eigenvalue weighted by molar-refractivity contribution is 0.0888. The molecule has 11 heteroatoms. The quantitative estimate of drug-likeness (QED) is 0.431. The van der Waals surface area contributed by atoms with E-state index in [4.69, 9.17) is 16.3 Å². The first-order chi connectivity index (χ1) is 15.5. The third kappa shape index (κ3) is 7.26. The Morgan fingerprint density at radius 3 is 2.81 bits per heavy atom. The van der Waals surface area contributed by atoms with Crippen LogP contribution in [-0.2, 0) is 6.61 Å². The van der Waals surface area contributed by atoms with Crippen LogP contribution in [-0.4, -0.2) is 52.7 Å². The molecule has 32 heavy (non-hydrogen) atoms. The van der Waals surface area contributed by atoms with Gasteiger partial charge in [0.25, 0.3) is 0 Å². The molecule has 1 aliphatic rings. The van der Waals surface area contributed by atoms with Crippen LogP contribution in [0.5, 0.6) is 5.88 Å². The van der Waals surface area contributed by atoms with Crippen LogP contribution in [0.1, 0.15) is 37.7 Å². The van der Waals surface area contributed by atoms with E-state index in [9.17, 15) is 18.7 Å². The minimum Gasteiger partial charge on any atom is -0.472 e. The third-order valence-electron chi connectivity index (χ3n) is 5.31. The van der Waals surface area contributed by atoms with Gasteiger partial charge < -0.3 is 15.2 Å². The summed E-state index contributed by atoms with van der Waals surface area (Å²) in [6.45, 7) is 2.31. The Morgan fingerprint density at radius 1 is 1.28 bits per heavy atom. The van der Waals surface area contributed by atoms with Crippen LogP contribution in [0.2, 0.25) is 5.02 Å². The Balaban J connectivity index is 1.35. The van der Waals surface area contributed by atoms with Gasteiger partial charge >= 0.3 is 6.03 Å². The molecule has 1 atom stereocenters. The van der Waals surface area contributed by atoms with Gasteiger partial charge in [-0.2, -0.15) is 4.37 Å². The number of benzene rings is 1. The van der Waals surface area contributed by atoms with Gasteiger partial charge in [-0.3, -0.25) is 10.2 Å². The second-order valence-electron chi connectivity index (χ2n) is 7.62. The van der Waals surface area contributed by atoms with Gasteiger partial charge in [0.05, 0.1) is 12.2 Å². The number of anilines is 1. The van der Waals surface area contributed by atoms with Crippen LogP contribution in [0.4, 0.5) is 18.6 Å². The van der Waals surface area contributed by atoms with E-state index >= 15 is 0 Å². The first-order valence-electron chi connectivity index (χ1n) is 10.6. The minimum absolute atomic E-state index is 0.0317. The number of hydrogen-bond donors (Lipinski definition) is 3. The van der Waals surface area contributed by atoms with E-state index in [0.717, 1.165) is 56.0 Å². The van der Waals surface area contributed by atoms with Gasteiger partial charge in [0.15, 0.2) is 0 Å². The lowest BCUT2D eigenvalue weighted by atomic mass is 10.0. The second kappa shape index (κ2) is 12.3. The number of urea groups is 1. The number of rotatable bonds is 10. The molecule has 3 N–H and O–H groups in total. The maximum Gasteiger partial charge on any atom is 0.319 e. The number of likely N-dealkylation sites (tertiary alicyclic amines) is 1. The van der Waals surface area contributed by atoms with E-state index in [1.807, 2.05) is 0 Å². The molecular formula is C21H27ClF2N4O3S. The van der Waals surface area contributed by atoms with Crippen LogP contribution in [0.3, 0.4) is 0 Å². The Labute approximate surface area is 194 Å². The van der Waals surface area contributed by atoms with Crippen molar-refractivity contribution in [1.29, 1.82) is 0 Å². The molecule has 0 saturated carbocycles. The zero-order valence-electron chi connectivity index (χ0n) is 17.6. The van der Waals surface area contributed by atoms with Crippen molar-refractivity contribution in [1.82, 2.24) is 14.6 Å². The fourth-order valence-corrected chi connectivity index (χ4v) is 4.38. The van der Waals surface area contributed by atoms with Crippen LogP contribution in [0, 0.1) is 11.6 Å². The highest BCUT2D eigenvalue weighted by Gasteiger charge is 2.20. The zero-order chi connectivity index (χ0) is 22.9. The molecule has 0 spiro atoms. The van der Waals surface area contributed by atoms with Crippen molar-refractivity contribution in [2.75, 3.05) is 31.6 Å². The van der Waals surface area contributed by atoms with E-state index in [0.29, 0.717) is 11.5 Å². The Kier molecular flexibility index (Phi) is 9.46. The van der Waals surface area contributed by atoms with Gasteiger partial charge in [0, 0.05) is 23.7 Å². The van der Waals surface area contributed by atoms with Gasteiger partial charge in [0.1, 0.15) is 23.2 Å². The number of amides is 2. The molecular weight excluding hydrogens is 462 g/mol. The van der Waals surface area contributed by atoms with Gasteiger partial charge in [-0.05, 0) is 62.4 Å². The number of aliphatic hydroxyl groups is 1. The number of aliphatic hydroxyl groups excluding tert-OH is 1. The minimum atomic E-state index is -0.796. The molecule has 7 nitrogen and oxygen atoms in total. The Morgan fingerprint density at radius 2 is 2.06 bits per heavy atom. The topological polar surface area (TPSA) is 86.7 Å². The molecule has 3 rings (SSSR count). The molecule has 1 fully saturated rings. The molecule has 2 aromatic rings. The van der Waals surface area contributed by atoms with E-state index in [1.54, 1.807) is 0 Å². The first kappa shape index (κ1) is 24.6. The SMILES string of the molecule is O=C(NCCCCN1CCCCC1CO)Nc1cc(OCc2c(F)cc(Cl)cc2F)ns1. The summed E-state index contributed by atoms with van der Waals surface area (Å²) in [5.41, 5.74) is -0.246. The fourth-order valence-electron chi connectivity index (χ4n) is 3.60. The number of unbranched alkanes of at least 4 members (excludes halogenated alkanes) is 1. The molecule has 1 unspecified atom stereocenters. The Hall–Kier alpha value is -2.01. The van der Waals surface area contributed by atoms with Crippen LogP contribution >= 0.6 is 23.1 Å². The van der Waals surface area contributed by atoms with Crippen molar-refractivity contribution >= 4 is 34.2 Å². The summed E-state index contributed by atoms with van der Waals surface area (Å²) in [4.78, 5) is 14.4. The van der Waals surface area contributed by atoms with E-state index in [2.05, 4.69) is 19.9 Å². The van der Waals surface area contributed by atoms with Gasteiger partial charge in [-0.25, -0.2) is 13.6 Å². The number of carbonyl (C=O) groups excluding carboxylic acids is 1. The first-order valence-corrected chi connectivity index (χ1v) is 11.7. The van der Waals surface area contributed by atoms with Crippen molar-refractivity contribution in [2.24, 2.45) is 0 Å². The highest BCUT2D eigenvalue weighted by molar-refractivity contribution is 7.10. The number of carbonyl (C=O) groups is 1. The van der Waals surface area contributed by atoms with Gasteiger partial charge in [-0.1, -0.05) is 18.0 Å². The summed E-state index contributed by atoms with van der Waals surface area (Å²) in [5, 5.41) is 15.3. The average molecular weight is 489 g/mol. The summed E-state index contributed by atoms with van der Waals surface area (Å²) < 4.78 is 37.0. The van der Waals surface area contributed by atoms with Gasteiger partial charge in [-0.15, -0.1) is 0 Å².